The Balaban J connectivity index is 2.54. The zero-order valence-electron chi connectivity index (χ0n) is 13.7. The van der Waals surface area contributed by atoms with Crippen molar-refractivity contribution in [1.82, 2.24) is 0 Å². The van der Waals surface area contributed by atoms with Crippen molar-refractivity contribution < 1.29 is 0 Å². The first-order chi connectivity index (χ1) is 8.36. The lowest BCUT2D eigenvalue weighted by Gasteiger charge is -2.37. The molecule has 0 aliphatic heterocycles. The van der Waals surface area contributed by atoms with Crippen LogP contribution in [0.2, 0.25) is 0 Å². The van der Waals surface area contributed by atoms with Gasteiger partial charge in [0.05, 0.1) is 0 Å². The van der Waals surface area contributed by atoms with Gasteiger partial charge in [0.15, 0.2) is 0 Å². The summed E-state index contributed by atoms with van der Waals surface area (Å²) in [6.07, 6.45) is 8.94. The minimum Gasteiger partial charge on any atom is -0.0628 e. The third kappa shape index (κ3) is 6.25. The van der Waals surface area contributed by atoms with E-state index in [1.165, 1.54) is 38.5 Å². The second kappa shape index (κ2) is 7.56. The third-order valence-electron chi connectivity index (χ3n) is 4.41. The molecule has 0 aromatic heterocycles. The van der Waals surface area contributed by atoms with Crippen LogP contribution in [0.5, 0.6) is 0 Å². The Morgan fingerprint density at radius 1 is 0.556 bits per heavy atom. The van der Waals surface area contributed by atoms with E-state index >= 15 is 0 Å². The SMILES string of the molecule is CC(C)CC1CC(CC(C)C)CC(CC(C)C)C1. The molecule has 1 aliphatic carbocycles. The molecule has 0 bridgehead atoms. The van der Waals surface area contributed by atoms with E-state index in [4.69, 9.17) is 0 Å². The van der Waals surface area contributed by atoms with Crippen molar-refractivity contribution in [2.24, 2.45) is 35.5 Å². The van der Waals surface area contributed by atoms with E-state index in [1.54, 1.807) is 0 Å². The highest BCUT2D eigenvalue weighted by Crippen LogP contribution is 2.41. The Labute approximate surface area is 116 Å². The van der Waals surface area contributed by atoms with Crippen LogP contribution >= 0.6 is 0 Å². The van der Waals surface area contributed by atoms with Crippen molar-refractivity contribution in [2.75, 3.05) is 0 Å². The van der Waals surface area contributed by atoms with Crippen LogP contribution in [0.1, 0.15) is 80.1 Å². The van der Waals surface area contributed by atoms with Gasteiger partial charge in [-0.05, 0) is 74.0 Å². The van der Waals surface area contributed by atoms with Crippen LogP contribution in [0.25, 0.3) is 0 Å². The highest BCUT2D eigenvalue weighted by atomic mass is 14.3. The van der Waals surface area contributed by atoms with Crippen LogP contribution in [0.4, 0.5) is 0 Å². The Morgan fingerprint density at radius 3 is 0.944 bits per heavy atom. The lowest BCUT2D eigenvalue weighted by Crippen LogP contribution is -2.25. The van der Waals surface area contributed by atoms with Gasteiger partial charge in [-0.25, -0.2) is 0 Å². The maximum absolute atomic E-state index is 2.39. The quantitative estimate of drug-likeness (QED) is 0.531. The molecule has 1 saturated carbocycles. The van der Waals surface area contributed by atoms with E-state index in [9.17, 15) is 0 Å². The second-order valence-corrected chi connectivity index (χ2v) is 8.19. The first-order valence-electron chi connectivity index (χ1n) is 8.36. The van der Waals surface area contributed by atoms with Gasteiger partial charge in [0.1, 0.15) is 0 Å². The topological polar surface area (TPSA) is 0 Å². The van der Waals surface area contributed by atoms with E-state index < -0.39 is 0 Å². The summed E-state index contributed by atoms with van der Waals surface area (Å²) >= 11 is 0. The zero-order valence-corrected chi connectivity index (χ0v) is 13.7. The predicted octanol–water partition coefficient (Wildman–Crippen LogP) is 6.16. The van der Waals surface area contributed by atoms with Crippen LogP contribution in [-0.2, 0) is 0 Å². The summed E-state index contributed by atoms with van der Waals surface area (Å²) in [5.74, 6) is 5.70. The molecule has 108 valence electrons. The molecule has 1 rings (SSSR count). The Bertz CT molecular complexity index is 170. The molecule has 18 heavy (non-hydrogen) atoms. The monoisotopic (exact) mass is 252 g/mol. The van der Waals surface area contributed by atoms with Crippen molar-refractivity contribution in [2.45, 2.75) is 80.1 Å². The van der Waals surface area contributed by atoms with Gasteiger partial charge >= 0.3 is 0 Å². The minimum atomic E-state index is 0.882. The van der Waals surface area contributed by atoms with Crippen LogP contribution in [0, 0.1) is 35.5 Å². The first-order valence-corrected chi connectivity index (χ1v) is 8.36. The molecule has 0 amide bonds. The lowest BCUT2D eigenvalue weighted by molar-refractivity contribution is 0.142. The van der Waals surface area contributed by atoms with Gasteiger partial charge in [0.25, 0.3) is 0 Å². The summed E-state index contributed by atoms with van der Waals surface area (Å²) in [5, 5.41) is 0. The largest absolute Gasteiger partial charge is 0.0628 e. The van der Waals surface area contributed by atoms with Gasteiger partial charge in [-0.1, -0.05) is 41.5 Å². The molecule has 1 aliphatic rings. The van der Waals surface area contributed by atoms with Gasteiger partial charge in [-0.3, -0.25) is 0 Å². The molecule has 0 saturated heterocycles. The van der Waals surface area contributed by atoms with Gasteiger partial charge in [-0.2, -0.15) is 0 Å². The number of hydrogen-bond donors (Lipinski definition) is 0. The fourth-order valence-corrected chi connectivity index (χ4v) is 4.28. The van der Waals surface area contributed by atoms with Gasteiger partial charge in [0, 0.05) is 0 Å². The molecule has 0 unspecified atom stereocenters. The number of rotatable bonds is 6. The van der Waals surface area contributed by atoms with E-state index in [0.29, 0.717) is 0 Å². The smallest absolute Gasteiger partial charge is 0.0407 e. The Hall–Kier alpha value is 0. The van der Waals surface area contributed by atoms with Crippen LogP contribution < -0.4 is 0 Å². The maximum atomic E-state index is 2.39. The Morgan fingerprint density at radius 2 is 0.778 bits per heavy atom. The van der Waals surface area contributed by atoms with Gasteiger partial charge < -0.3 is 0 Å². The van der Waals surface area contributed by atoms with Crippen LogP contribution in [0.3, 0.4) is 0 Å². The third-order valence-corrected chi connectivity index (χ3v) is 4.41. The fraction of sp³-hybridized carbons (Fsp3) is 1.00. The van der Waals surface area contributed by atoms with Gasteiger partial charge in [-0.15, -0.1) is 0 Å². The summed E-state index contributed by atoms with van der Waals surface area (Å²) < 4.78 is 0. The van der Waals surface area contributed by atoms with Crippen molar-refractivity contribution in [3.05, 3.63) is 0 Å². The molecule has 0 N–H and O–H groups in total. The predicted molar refractivity (Wildman–Crippen MR) is 82.7 cm³/mol. The van der Waals surface area contributed by atoms with Crippen LogP contribution in [-0.4, -0.2) is 0 Å². The first kappa shape index (κ1) is 16.1. The summed E-state index contributed by atoms with van der Waals surface area (Å²) in [4.78, 5) is 0. The van der Waals surface area contributed by atoms with Crippen molar-refractivity contribution in [3.63, 3.8) is 0 Å². The fourth-order valence-electron chi connectivity index (χ4n) is 4.28. The molecular formula is C18H36. The molecule has 0 atom stereocenters. The highest BCUT2D eigenvalue weighted by molar-refractivity contribution is 4.81. The minimum absolute atomic E-state index is 0.882. The molecule has 1 fully saturated rings. The normalized spacial score (nSPS) is 29.5. The van der Waals surface area contributed by atoms with Crippen molar-refractivity contribution >= 4 is 0 Å². The standard InChI is InChI=1S/C18H36/c1-13(2)7-16-10-17(8-14(3)4)12-18(11-16)9-15(5)6/h13-18H,7-12H2,1-6H3. The van der Waals surface area contributed by atoms with E-state index in [1.807, 2.05) is 0 Å². The lowest BCUT2D eigenvalue weighted by atomic mass is 9.69. The molecule has 0 heteroatoms. The van der Waals surface area contributed by atoms with Crippen LogP contribution in [0.15, 0.2) is 0 Å². The van der Waals surface area contributed by atoms with Crippen molar-refractivity contribution in [3.8, 4) is 0 Å². The average Bonchev–Trinajstić information content (AvgIpc) is 2.12. The summed E-state index contributed by atoms with van der Waals surface area (Å²) in [7, 11) is 0. The van der Waals surface area contributed by atoms with E-state index in [2.05, 4.69) is 41.5 Å². The summed E-state index contributed by atoms with van der Waals surface area (Å²) in [6, 6.07) is 0. The second-order valence-electron chi connectivity index (χ2n) is 8.19. The Kier molecular flexibility index (Phi) is 6.74. The molecule has 0 radical (unpaired) electrons. The zero-order chi connectivity index (χ0) is 13.7. The number of hydrogen-bond acceptors (Lipinski definition) is 0. The molecule has 0 aromatic carbocycles. The summed E-state index contributed by atoms with van der Waals surface area (Å²) in [5.41, 5.74) is 0. The van der Waals surface area contributed by atoms with E-state index in [-0.39, 0.29) is 0 Å². The molecule has 0 nitrogen and oxygen atoms in total. The maximum Gasteiger partial charge on any atom is -0.0407 e. The average molecular weight is 252 g/mol. The van der Waals surface area contributed by atoms with Gasteiger partial charge in [0.2, 0.25) is 0 Å². The van der Waals surface area contributed by atoms with Crippen molar-refractivity contribution in [1.29, 1.82) is 0 Å². The highest BCUT2D eigenvalue weighted by Gasteiger charge is 2.29. The summed E-state index contributed by atoms with van der Waals surface area (Å²) in [6.45, 7) is 14.4. The molecule has 0 aromatic rings. The molecular weight excluding hydrogens is 216 g/mol. The molecule has 0 spiro atoms. The molecule has 0 heterocycles. The van der Waals surface area contributed by atoms with E-state index in [0.717, 1.165) is 35.5 Å².